The number of imide groups is 1. The molecule has 1 atom stereocenters. The first kappa shape index (κ1) is 17.7. The Morgan fingerprint density at radius 1 is 1.20 bits per heavy atom. The van der Waals surface area contributed by atoms with Gasteiger partial charge in [0.15, 0.2) is 0 Å². The number of carbonyl (C=O) groups is 2. The molecule has 1 aromatic carbocycles. The van der Waals surface area contributed by atoms with Gasteiger partial charge in [-0.15, -0.1) is 0 Å². The molecule has 0 spiro atoms. The standard InChI is InChI=1S/C11H11NO5S2.Na/c13-10-8-4-1-2-5-9(8)11(14)12(10)6-3-7-17-19(15,16)18;/h1-2,4-5H,3,6-7H2,(H,15,16,18);/q;+1/p-1. The predicted octanol–water partition coefficient (Wildman–Crippen LogP) is -2.51. The first-order valence-corrected chi connectivity index (χ1v) is 7.79. The van der Waals surface area contributed by atoms with Gasteiger partial charge in [-0.2, -0.15) is 0 Å². The molecule has 1 aromatic rings. The van der Waals surface area contributed by atoms with Crippen molar-refractivity contribution in [2.24, 2.45) is 0 Å². The van der Waals surface area contributed by atoms with Crippen LogP contribution in [-0.2, 0) is 24.4 Å². The van der Waals surface area contributed by atoms with Crippen LogP contribution in [0.25, 0.3) is 0 Å². The van der Waals surface area contributed by atoms with Crippen molar-refractivity contribution in [1.29, 1.82) is 0 Å². The molecule has 20 heavy (non-hydrogen) atoms. The summed E-state index contributed by atoms with van der Waals surface area (Å²) in [5.74, 6) is -0.747. The molecule has 0 fully saturated rings. The zero-order valence-corrected chi connectivity index (χ0v) is 14.4. The van der Waals surface area contributed by atoms with Crippen LogP contribution in [0.5, 0.6) is 0 Å². The Labute approximate surface area is 143 Å². The molecule has 0 N–H and O–H groups in total. The van der Waals surface area contributed by atoms with Crippen LogP contribution in [0, 0.1) is 0 Å². The number of nitrogens with zero attached hydrogens (tertiary/aromatic N) is 1. The van der Waals surface area contributed by atoms with Gasteiger partial charge in [0, 0.05) is 6.54 Å². The van der Waals surface area contributed by atoms with Crippen LogP contribution in [0.2, 0.25) is 0 Å². The zero-order valence-electron chi connectivity index (χ0n) is 10.7. The molecule has 0 saturated carbocycles. The summed E-state index contributed by atoms with van der Waals surface area (Å²) in [5, 5.41) is 0. The maximum atomic E-state index is 11.9. The van der Waals surface area contributed by atoms with E-state index < -0.39 is 9.05 Å². The second-order valence-corrected chi connectivity index (χ2v) is 6.17. The van der Waals surface area contributed by atoms with E-state index in [1.807, 2.05) is 0 Å². The van der Waals surface area contributed by atoms with Gasteiger partial charge in [-0.3, -0.25) is 18.7 Å². The van der Waals surface area contributed by atoms with Crippen molar-refractivity contribution in [1.82, 2.24) is 4.90 Å². The summed E-state index contributed by atoms with van der Waals surface area (Å²) in [6.07, 6.45) is 0.210. The second kappa shape index (κ2) is 7.08. The average Bonchev–Trinajstić information content (AvgIpc) is 2.58. The van der Waals surface area contributed by atoms with Gasteiger partial charge in [0.25, 0.3) is 11.8 Å². The molecule has 2 amide bonds. The fourth-order valence-electron chi connectivity index (χ4n) is 1.83. The minimum absolute atomic E-state index is 0. The molecule has 1 unspecified atom stereocenters. The molecule has 6 nitrogen and oxygen atoms in total. The van der Waals surface area contributed by atoms with E-state index in [-0.39, 0.29) is 60.9 Å². The van der Waals surface area contributed by atoms with Crippen molar-refractivity contribution in [3.05, 3.63) is 35.4 Å². The van der Waals surface area contributed by atoms with E-state index in [1.165, 1.54) is 0 Å². The number of amides is 2. The average molecular weight is 323 g/mol. The van der Waals surface area contributed by atoms with E-state index in [2.05, 4.69) is 15.4 Å². The fraction of sp³-hybridized carbons (Fsp3) is 0.273. The summed E-state index contributed by atoms with van der Waals surface area (Å²) in [4.78, 5) is 24.9. The molecule has 1 heterocycles. The molecule has 0 saturated heterocycles. The fourth-order valence-corrected chi connectivity index (χ4v) is 2.35. The molecule has 0 aromatic heterocycles. The quantitative estimate of drug-likeness (QED) is 0.338. The predicted molar refractivity (Wildman–Crippen MR) is 68.7 cm³/mol. The van der Waals surface area contributed by atoms with Crippen molar-refractivity contribution < 1.29 is 52.1 Å². The first-order valence-electron chi connectivity index (χ1n) is 5.45. The van der Waals surface area contributed by atoms with E-state index in [1.54, 1.807) is 24.3 Å². The van der Waals surface area contributed by atoms with Gasteiger partial charge in [-0.05, 0) is 29.7 Å². The van der Waals surface area contributed by atoms with Gasteiger partial charge >= 0.3 is 29.6 Å². The third-order valence-electron chi connectivity index (χ3n) is 2.63. The van der Waals surface area contributed by atoms with Crippen LogP contribution < -0.4 is 29.6 Å². The smallest absolute Gasteiger partial charge is 0.748 e. The number of fused-ring (bicyclic) bond motifs is 1. The molecular formula is C11H10NNaO5S2. The zero-order chi connectivity index (χ0) is 14.0. The summed E-state index contributed by atoms with van der Waals surface area (Å²) in [6, 6.07) is 6.53. The molecule has 0 bridgehead atoms. The summed E-state index contributed by atoms with van der Waals surface area (Å²) in [7, 11) is -3.91. The Kier molecular flexibility index (Phi) is 6.26. The molecule has 2 rings (SSSR count). The topological polar surface area (TPSA) is 86.7 Å². The number of carbonyl (C=O) groups excluding carboxylic acids is 2. The summed E-state index contributed by atoms with van der Waals surface area (Å²) >= 11 is 4.04. The van der Waals surface area contributed by atoms with Crippen molar-refractivity contribution >= 4 is 32.1 Å². The number of benzene rings is 1. The van der Waals surface area contributed by atoms with Gasteiger partial charge in [0.05, 0.1) is 26.8 Å². The summed E-state index contributed by atoms with van der Waals surface area (Å²) in [5.41, 5.74) is 0.730. The van der Waals surface area contributed by atoms with E-state index >= 15 is 0 Å². The van der Waals surface area contributed by atoms with E-state index in [9.17, 15) is 18.4 Å². The SMILES string of the molecule is O=C1c2ccccc2C(=O)N1CCCOS(=O)([O-])=S.[Na+]. The normalized spacial score (nSPS) is 16.6. The van der Waals surface area contributed by atoms with Crippen LogP contribution in [0.15, 0.2) is 24.3 Å². The van der Waals surface area contributed by atoms with E-state index in [4.69, 9.17) is 0 Å². The molecule has 1 aliphatic heterocycles. The van der Waals surface area contributed by atoms with Crippen LogP contribution in [0.4, 0.5) is 0 Å². The second-order valence-electron chi connectivity index (χ2n) is 3.89. The van der Waals surface area contributed by atoms with Gasteiger partial charge in [-0.1, -0.05) is 12.1 Å². The third kappa shape index (κ3) is 4.08. The largest absolute Gasteiger partial charge is 1.00 e. The van der Waals surface area contributed by atoms with Gasteiger partial charge in [-0.25, -0.2) is 4.21 Å². The Morgan fingerprint density at radius 2 is 1.70 bits per heavy atom. The van der Waals surface area contributed by atoms with Gasteiger partial charge in [0.2, 0.25) is 0 Å². The van der Waals surface area contributed by atoms with Gasteiger partial charge in [0.1, 0.15) is 0 Å². The van der Waals surface area contributed by atoms with Crippen molar-refractivity contribution in [2.45, 2.75) is 6.42 Å². The molecule has 1 aliphatic rings. The summed E-state index contributed by atoms with van der Waals surface area (Å²) in [6.45, 7) is -0.0591. The van der Waals surface area contributed by atoms with Crippen LogP contribution >= 0.6 is 0 Å². The Morgan fingerprint density at radius 3 is 2.15 bits per heavy atom. The maximum absolute atomic E-state index is 11.9. The van der Waals surface area contributed by atoms with Crippen molar-refractivity contribution in [2.75, 3.05) is 13.2 Å². The minimum atomic E-state index is -3.91. The van der Waals surface area contributed by atoms with Crippen LogP contribution in [0.1, 0.15) is 27.1 Å². The molecular weight excluding hydrogens is 313 g/mol. The molecule has 0 radical (unpaired) electrons. The van der Waals surface area contributed by atoms with Crippen molar-refractivity contribution in [3.8, 4) is 0 Å². The van der Waals surface area contributed by atoms with Crippen LogP contribution in [0.3, 0.4) is 0 Å². The molecule has 0 aliphatic carbocycles. The van der Waals surface area contributed by atoms with E-state index in [0.29, 0.717) is 11.1 Å². The first-order chi connectivity index (χ1) is 8.90. The Bertz CT molecular complexity index is 596. The Balaban J connectivity index is 0.00000200. The monoisotopic (exact) mass is 323 g/mol. The van der Waals surface area contributed by atoms with Crippen LogP contribution in [-0.4, -0.2) is 38.6 Å². The Hall–Kier alpha value is -0.350. The molecule has 9 heteroatoms. The number of rotatable bonds is 5. The van der Waals surface area contributed by atoms with E-state index in [0.717, 1.165) is 4.90 Å². The number of hydrogen-bond acceptors (Lipinski definition) is 6. The maximum Gasteiger partial charge on any atom is 1.00 e. The van der Waals surface area contributed by atoms with Gasteiger partial charge < -0.3 is 4.55 Å². The minimum Gasteiger partial charge on any atom is -0.748 e. The third-order valence-corrected chi connectivity index (χ3v) is 3.38. The summed E-state index contributed by atoms with van der Waals surface area (Å²) < 4.78 is 25.5. The molecule has 102 valence electrons. The number of hydrogen-bond donors (Lipinski definition) is 0. The van der Waals surface area contributed by atoms with Crippen molar-refractivity contribution in [3.63, 3.8) is 0 Å².